The van der Waals surface area contributed by atoms with Gasteiger partial charge in [-0.15, -0.1) is 0 Å². The smallest absolute Gasteiger partial charge is 0.330 e. The number of carbonyl (C=O) groups is 2. The van der Waals surface area contributed by atoms with Gasteiger partial charge < -0.3 is 20.1 Å². The number of ether oxygens (including phenoxy) is 2. The molecule has 1 saturated carbocycles. The highest BCUT2D eigenvalue weighted by Gasteiger charge is 2.36. The van der Waals surface area contributed by atoms with Crippen LogP contribution < -0.4 is 29.9 Å². The average molecular weight is 533 g/mol. The van der Waals surface area contributed by atoms with Crippen LogP contribution in [0, 0.1) is 11.7 Å². The average Bonchev–Trinajstić information content (AvgIpc) is 2.91. The lowest BCUT2D eigenvalue weighted by Crippen LogP contribution is -2.46. The van der Waals surface area contributed by atoms with Gasteiger partial charge in [-0.25, -0.2) is 14.2 Å². The van der Waals surface area contributed by atoms with E-state index in [0.717, 1.165) is 25.7 Å². The molecule has 1 aromatic heterocycles. The number of nitrogens with zero attached hydrogens (tertiary/aromatic N) is 4. The number of rotatable bonds is 8. The highest BCUT2D eigenvalue weighted by atomic mass is 35.5. The van der Waals surface area contributed by atoms with Gasteiger partial charge in [0, 0.05) is 37.5 Å². The summed E-state index contributed by atoms with van der Waals surface area (Å²) in [6.45, 7) is 4.02. The van der Waals surface area contributed by atoms with Gasteiger partial charge in [0.2, 0.25) is 11.9 Å². The van der Waals surface area contributed by atoms with E-state index in [1.54, 1.807) is 13.2 Å². The van der Waals surface area contributed by atoms with Crippen molar-refractivity contribution in [2.45, 2.75) is 38.3 Å². The van der Waals surface area contributed by atoms with Crippen molar-refractivity contribution in [2.24, 2.45) is 5.92 Å². The topological polar surface area (TPSA) is 109 Å². The van der Waals surface area contributed by atoms with Crippen LogP contribution in [0.3, 0.4) is 0 Å². The Morgan fingerprint density at radius 2 is 2.03 bits per heavy atom. The third-order valence-corrected chi connectivity index (χ3v) is 7.14. The second-order valence-electron chi connectivity index (χ2n) is 8.97. The van der Waals surface area contributed by atoms with Crippen LogP contribution in [-0.2, 0) is 11.3 Å². The molecule has 2 aliphatic rings. The number of urea groups is 1. The summed E-state index contributed by atoms with van der Waals surface area (Å²) in [7, 11) is 4.28. The first-order valence-corrected chi connectivity index (χ1v) is 12.3. The van der Waals surface area contributed by atoms with Crippen LogP contribution in [0.2, 0.25) is 5.02 Å². The van der Waals surface area contributed by atoms with Gasteiger partial charge in [-0.3, -0.25) is 14.6 Å². The van der Waals surface area contributed by atoms with Gasteiger partial charge in [0.15, 0.2) is 11.6 Å². The van der Waals surface area contributed by atoms with E-state index < -0.39 is 11.8 Å². The maximum absolute atomic E-state index is 15.3. The SMILES string of the molecule is C=CC(=O)NC[C@H]1CCCC[C@H]1Nc1ncc2c(n1)N(C)C(=O)N(c1c(F)c(OC)cc(OC)c1Cl)C2. The fourth-order valence-corrected chi connectivity index (χ4v) is 5.09. The van der Waals surface area contributed by atoms with E-state index in [9.17, 15) is 9.59 Å². The third-order valence-electron chi connectivity index (χ3n) is 6.77. The maximum atomic E-state index is 15.3. The summed E-state index contributed by atoms with van der Waals surface area (Å²) < 4.78 is 25.6. The normalized spacial score (nSPS) is 19.2. The molecule has 198 valence electrons. The molecular formula is C25H30ClFN6O4. The Balaban J connectivity index is 1.59. The Hall–Kier alpha value is -3.60. The monoisotopic (exact) mass is 532 g/mol. The van der Waals surface area contributed by atoms with Gasteiger partial charge in [-0.2, -0.15) is 4.98 Å². The molecule has 1 fully saturated rings. The highest BCUT2D eigenvalue weighted by molar-refractivity contribution is 6.35. The predicted octanol–water partition coefficient (Wildman–Crippen LogP) is 4.14. The first-order chi connectivity index (χ1) is 17.8. The van der Waals surface area contributed by atoms with Crippen molar-refractivity contribution < 1.29 is 23.5 Å². The van der Waals surface area contributed by atoms with Crippen LogP contribution in [-0.4, -0.2) is 55.8 Å². The number of anilines is 3. The Labute approximate surface area is 219 Å². The highest BCUT2D eigenvalue weighted by Crippen LogP contribution is 2.44. The zero-order valence-electron chi connectivity index (χ0n) is 21.0. The van der Waals surface area contributed by atoms with Crippen molar-refractivity contribution in [1.29, 1.82) is 0 Å². The first kappa shape index (κ1) is 26.5. The number of benzene rings is 1. The minimum absolute atomic E-state index is 0.00534. The van der Waals surface area contributed by atoms with E-state index in [4.69, 9.17) is 21.1 Å². The molecule has 0 unspecified atom stereocenters. The van der Waals surface area contributed by atoms with E-state index in [1.165, 1.54) is 36.2 Å². The summed E-state index contributed by atoms with van der Waals surface area (Å²) in [5.74, 6) is 0.107. The van der Waals surface area contributed by atoms with Gasteiger partial charge in [0.05, 0.1) is 20.8 Å². The molecule has 10 nitrogen and oxygen atoms in total. The van der Waals surface area contributed by atoms with Gasteiger partial charge in [0.1, 0.15) is 22.3 Å². The van der Waals surface area contributed by atoms with Crippen molar-refractivity contribution in [1.82, 2.24) is 15.3 Å². The van der Waals surface area contributed by atoms with E-state index in [-0.39, 0.29) is 46.6 Å². The van der Waals surface area contributed by atoms with E-state index in [2.05, 4.69) is 27.2 Å². The Morgan fingerprint density at radius 1 is 1.30 bits per heavy atom. The molecular weight excluding hydrogens is 503 g/mol. The molecule has 2 aromatic rings. The van der Waals surface area contributed by atoms with E-state index in [1.807, 2.05) is 0 Å². The molecule has 0 spiro atoms. The molecule has 2 atom stereocenters. The predicted molar refractivity (Wildman–Crippen MR) is 139 cm³/mol. The molecule has 2 heterocycles. The van der Waals surface area contributed by atoms with Crippen LogP contribution in [0.4, 0.5) is 26.6 Å². The molecule has 1 aliphatic heterocycles. The van der Waals surface area contributed by atoms with Crippen molar-refractivity contribution in [2.75, 3.05) is 42.9 Å². The van der Waals surface area contributed by atoms with Crippen LogP contribution >= 0.6 is 11.6 Å². The number of halogens is 2. The third kappa shape index (κ3) is 5.27. The molecule has 2 N–H and O–H groups in total. The fourth-order valence-electron chi connectivity index (χ4n) is 4.77. The Kier molecular flexibility index (Phi) is 8.01. The summed E-state index contributed by atoms with van der Waals surface area (Å²) in [5, 5.41) is 6.21. The summed E-state index contributed by atoms with van der Waals surface area (Å²) >= 11 is 6.41. The van der Waals surface area contributed by atoms with Crippen molar-refractivity contribution in [3.63, 3.8) is 0 Å². The zero-order chi connectivity index (χ0) is 26.7. The zero-order valence-corrected chi connectivity index (χ0v) is 21.8. The molecule has 4 rings (SSSR count). The van der Waals surface area contributed by atoms with E-state index in [0.29, 0.717) is 23.9 Å². The van der Waals surface area contributed by atoms with Crippen LogP contribution in [0.15, 0.2) is 24.9 Å². The number of aromatic nitrogens is 2. The Bertz CT molecular complexity index is 1180. The quantitative estimate of drug-likeness (QED) is 0.492. The Morgan fingerprint density at radius 3 is 2.73 bits per heavy atom. The van der Waals surface area contributed by atoms with Gasteiger partial charge in [-0.1, -0.05) is 31.0 Å². The number of nitrogens with one attached hydrogen (secondary N) is 2. The molecule has 0 radical (unpaired) electrons. The summed E-state index contributed by atoms with van der Waals surface area (Å²) in [6, 6.07) is 0.876. The van der Waals surface area contributed by atoms with Crippen LogP contribution in [0.1, 0.15) is 31.2 Å². The number of carbonyl (C=O) groups excluding carboxylic acids is 2. The van der Waals surface area contributed by atoms with Crippen molar-refractivity contribution in [3.05, 3.63) is 41.3 Å². The van der Waals surface area contributed by atoms with E-state index >= 15 is 4.39 Å². The van der Waals surface area contributed by atoms with Crippen molar-refractivity contribution >= 4 is 41.0 Å². The molecule has 1 aliphatic carbocycles. The second-order valence-corrected chi connectivity index (χ2v) is 9.35. The van der Waals surface area contributed by atoms with Crippen molar-refractivity contribution in [3.8, 4) is 11.5 Å². The lowest BCUT2D eigenvalue weighted by Gasteiger charge is -2.35. The fraction of sp³-hybridized carbons (Fsp3) is 0.440. The summed E-state index contributed by atoms with van der Waals surface area (Å²) in [6.07, 6.45) is 6.88. The summed E-state index contributed by atoms with van der Waals surface area (Å²) in [4.78, 5) is 36.6. The second kappa shape index (κ2) is 11.2. The lowest BCUT2D eigenvalue weighted by molar-refractivity contribution is -0.116. The largest absolute Gasteiger partial charge is 0.495 e. The molecule has 1 aromatic carbocycles. The number of methoxy groups -OCH3 is 2. The lowest BCUT2D eigenvalue weighted by atomic mass is 9.84. The molecule has 37 heavy (non-hydrogen) atoms. The molecule has 0 bridgehead atoms. The number of hydrogen-bond acceptors (Lipinski definition) is 7. The number of amides is 3. The standard InChI is InChI=1S/C25H30ClFN6O4/c1-5-19(34)28-11-14-8-6-7-9-16(14)30-24-29-12-15-13-33(25(35)32(2)23(15)31-24)22-20(26)17(36-3)10-18(37-4)21(22)27/h5,10,12,14,16H,1,6-9,11,13H2,2-4H3,(H,28,34)(H,29,30,31)/t14-,16-/m1/s1. The van der Waals surface area contributed by atoms with Gasteiger partial charge >= 0.3 is 6.03 Å². The number of hydrogen-bond donors (Lipinski definition) is 2. The molecule has 3 amide bonds. The summed E-state index contributed by atoms with van der Waals surface area (Å²) in [5.41, 5.74) is 0.470. The van der Waals surface area contributed by atoms with Crippen LogP contribution in [0.5, 0.6) is 11.5 Å². The number of fused-ring (bicyclic) bond motifs is 1. The minimum Gasteiger partial charge on any atom is -0.495 e. The van der Waals surface area contributed by atoms with Crippen LogP contribution in [0.25, 0.3) is 0 Å². The minimum atomic E-state index is -0.774. The van der Waals surface area contributed by atoms with Gasteiger partial charge in [-0.05, 0) is 24.8 Å². The molecule has 12 heteroatoms. The first-order valence-electron chi connectivity index (χ1n) is 12.0. The van der Waals surface area contributed by atoms with Gasteiger partial charge in [0.25, 0.3) is 0 Å². The molecule has 0 saturated heterocycles. The maximum Gasteiger partial charge on any atom is 0.330 e.